The molecule has 0 aromatic rings. The number of nitriles is 1. The van der Waals surface area contributed by atoms with Gasteiger partial charge in [0, 0.05) is 0 Å². The summed E-state index contributed by atoms with van der Waals surface area (Å²) in [6.45, 7) is 1.62. The zero-order valence-electron chi connectivity index (χ0n) is 8.24. The van der Waals surface area contributed by atoms with Gasteiger partial charge >= 0.3 is 0 Å². The average molecular weight is 196 g/mol. The topological polar surface area (TPSA) is 54.3 Å². The summed E-state index contributed by atoms with van der Waals surface area (Å²) in [5.41, 5.74) is 0. The van der Waals surface area contributed by atoms with Crippen molar-refractivity contribution < 1.29 is 9.47 Å². The highest BCUT2D eigenvalue weighted by atomic mass is 16.7. The van der Waals surface area contributed by atoms with E-state index in [2.05, 4.69) is 11.4 Å². The summed E-state index contributed by atoms with van der Waals surface area (Å²) in [5, 5.41) is 11.9. The van der Waals surface area contributed by atoms with Crippen LogP contribution in [0.4, 0.5) is 0 Å². The lowest BCUT2D eigenvalue weighted by Crippen LogP contribution is -2.43. The Hall–Kier alpha value is -0.630. The van der Waals surface area contributed by atoms with Gasteiger partial charge < -0.3 is 14.8 Å². The highest BCUT2D eigenvalue weighted by molar-refractivity contribution is 4.83. The first kappa shape index (κ1) is 9.91. The molecule has 0 aromatic heterocycles. The first-order valence-corrected chi connectivity index (χ1v) is 5.27. The van der Waals surface area contributed by atoms with E-state index in [1.807, 2.05) is 0 Å². The maximum absolute atomic E-state index is 8.52. The molecule has 2 rings (SSSR count). The molecular weight excluding hydrogens is 180 g/mol. The van der Waals surface area contributed by atoms with Gasteiger partial charge in [-0.1, -0.05) is 6.42 Å². The van der Waals surface area contributed by atoms with Gasteiger partial charge in [-0.3, -0.25) is 0 Å². The predicted molar refractivity (Wildman–Crippen MR) is 50.5 cm³/mol. The van der Waals surface area contributed by atoms with Crippen molar-refractivity contribution >= 4 is 0 Å². The highest BCUT2D eigenvalue weighted by Gasteiger charge is 2.32. The molecule has 0 radical (unpaired) electrons. The summed E-state index contributed by atoms with van der Waals surface area (Å²) in [4.78, 5) is 0. The van der Waals surface area contributed by atoms with Crippen molar-refractivity contribution in [1.29, 1.82) is 5.26 Å². The van der Waals surface area contributed by atoms with Crippen LogP contribution in [0.2, 0.25) is 0 Å². The molecule has 0 saturated carbocycles. The van der Waals surface area contributed by atoms with Crippen LogP contribution in [0.15, 0.2) is 0 Å². The monoisotopic (exact) mass is 196 g/mol. The Balaban J connectivity index is 1.79. The van der Waals surface area contributed by atoms with Crippen LogP contribution in [0, 0.1) is 11.3 Å². The van der Waals surface area contributed by atoms with Crippen LogP contribution in [0.5, 0.6) is 0 Å². The summed E-state index contributed by atoms with van der Waals surface area (Å²) >= 11 is 0. The Bertz CT molecular complexity index is 221. The van der Waals surface area contributed by atoms with E-state index in [1.165, 1.54) is 12.8 Å². The van der Waals surface area contributed by atoms with Gasteiger partial charge in [0.25, 0.3) is 0 Å². The second-order valence-electron chi connectivity index (χ2n) is 3.88. The molecule has 1 N–H and O–H groups in total. The summed E-state index contributed by atoms with van der Waals surface area (Å²) in [6, 6.07) is 2.43. The largest absolute Gasteiger partial charge is 0.348 e. The maximum atomic E-state index is 8.52. The fourth-order valence-corrected chi connectivity index (χ4v) is 2.00. The minimum atomic E-state index is -0.131. The van der Waals surface area contributed by atoms with Gasteiger partial charge in [0.1, 0.15) is 0 Å². The summed E-state index contributed by atoms with van der Waals surface area (Å²) in [6.07, 6.45) is 3.88. The Morgan fingerprint density at radius 3 is 3.07 bits per heavy atom. The molecule has 0 bridgehead atoms. The second-order valence-corrected chi connectivity index (χ2v) is 3.88. The summed E-state index contributed by atoms with van der Waals surface area (Å²) < 4.78 is 11.2. The van der Waals surface area contributed by atoms with E-state index in [4.69, 9.17) is 14.7 Å². The lowest BCUT2D eigenvalue weighted by atomic mass is 10.0. The number of piperidine rings is 1. The fraction of sp³-hybridized carbons (Fsp3) is 0.900. The summed E-state index contributed by atoms with van der Waals surface area (Å²) in [7, 11) is 0. The van der Waals surface area contributed by atoms with E-state index in [1.54, 1.807) is 0 Å². The van der Waals surface area contributed by atoms with Gasteiger partial charge in [-0.15, -0.1) is 0 Å². The van der Waals surface area contributed by atoms with Crippen LogP contribution in [0.3, 0.4) is 0 Å². The van der Waals surface area contributed by atoms with Crippen LogP contribution in [0.1, 0.15) is 25.7 Å². The number of rotatable bonds is 2. The smallest absolute Gasteiger partial charge is 0.173 e. The molecule has 4 nitrogen and oxygen atoms in total. The molecular formula is C10H16N2O2. The lowest BCUT2D eigenvalue weighted by molar-refractivity contribution is -0.0850. The number of hydrogen-bond donors (Lipinski definition) is 1. The number of nitrogens with one attached hydrogen (secondary N) is 1. The molecule has 0 aromatic carbocycles. The number of nitrogens with zero attached hydrogens (tertiary/aromatic N) is 1. The van der Waals surface area contributed by atoms with Crippen molar-refractivity contribution in [1.82, 2.24) is 5.32 Å². The summed E-state index contributed by atoms with van der Waals surface area (Å²) in [5.74, 6) is 0. The fourth-order valence-electron chi connectivity index (χ4n) is 2.00. The van der Waals surface area contributed by atoms with E-state index in [-0.39, 0.29) is 12.4 Å². The normalized spacial score (nSPS) is 38.1. The van der Waals surface area contributed by atoms with Crippen molar-refractivity contribution in [2.45, 2.75) is 44.1 Å². The molecule has 2 aliphatic heterocycles. The average Bonchev–Trinajstić information content (AvgIpc) is 2.68. The number of hydrogen-bond acceptors (Lipinski definition) is 4. The molecule has 14 heavy (non-hydrogen) atoms. The van der Waals surface area contributed by atoms with E-state index in [0.29, 0.717) is 19.1 Å². The third kappa shape index (κ3) is 2.24. The van der Waals surface area contributed by atoms with Crippen LogP contribution in [0.25, 0.3) is 0 Å². The Labute approximate surface area is 84.2 Å². The molecule has 2 heterocycles. The third-order valence-electron chi connectivity index (χ3n) is 2.77. The molecule has 0 spiro atoms. The standard InChI is InChI=1S/C10H16N2O2/c11-5-4-8-7-13-10(14-8)9-3-1-2-6-12-9/h8-10,12H,1-4,6-7H2. The molecule has 3 unspecified atom stereocenters. The minimum absolute atomic E-state index is 0.0197. The Morgan fingerprint density at radius 1 is 1.43 bits per heavy atom. The minimum Gasteiger partial charge on any atom is -0.348 e. The van der Waals surface area contributed by atoms with Crippen molar-refractivity contribution in [2.24, 2.45) is 0 Å². The highest BCUT2D eigenvalue weighted by Crippen LogP contribution is 2.21. The van der Waals surface area contributed by atoms with Crippen molar-refractivity contribution in [3.63, 3.8) is 0 Å². The molecule has 78 valence electrons. The Kier molecular flexibility index (Phi) is 3.35. The van der Waals surface area contributed by atoms with Gasteiger partial charge in [0.15, 0.2) is 6.29 Å². The molecule has 3 atom stereocenters. The van der Waals surface area contributed by atoms with E-state index in [9.17, 15) is 0 Å². The van der Waals surface area contributed by atoms with Gasteiger partial charge in [0.05, 0.1) is 31.2 Å². The third-order valence-corrected chi connectivity index (χ3v) is 2.77. The second kappa shape index (κ2) is 4.74. The van der Waals surface area contributed by atoms with Crippen LogP contribution >= 0.6 is 0 Å². The van der Waals surface area contributed by atoms with Crippen LogP contribution in [-0.2, 0) is 9.47 Å². The Morgan fingerprint density at radius 2 is 2.36 bits per heavy atom. The van der Waals surface area contributed by atoms with E-state index in [0.717, 1.165) is 13.0 Å². The molecule has 0 amide bonds. The quantitative estimate of drug-likeness (QED) is 0.709. The lowest BCUT2D eigenvalue weighted by Gasteiger charge is -2.27. The zero-order valence-corrected chi connectivity index (χ0v) is 8.24. The zero-order chi connectivity index (χ0) is 9.80. The van der Waals surface area contributed by atoms with Gasteiger partial charge in [-0.05, 0) is 19.4 Å². The molecule has 2 saturated heterocycles. The van der Waals surface area contributed by atoms with Gasteiger partial charge in [-0.2, -0.15) is 5.26 Å². The SMILES string of the molecule is N#CCC1COC(C2CCCCN2)O1. The van der Waals surface area contributed by atoms with Crippen molar-refractivity contribution in [3.05, 3.63) is 0 Å². The van der Waals surface area contributed by atoms with E-state index < -0.39 is 0 Å². The molecule has 2 aliphatic rings. The maximum Gasteiger partial charge on any atom is 0.173 e. The predicted octanol–water partition coefficient (Wildman–Crippen LogP) is 0.784. The van der Waals surface area contributed by atoms with Gasteiger partial charge in [-0.25, -0.2) is 0 Å². The molecule has 0 aliphatic carbocycles. The van der Waals surface area contributed by atoms with Crippen molar-refractivity contribution in [2.75, 3.05) is 13.2 Å². The van der Waals surface area contributed by atoms with Crippen LogP contribution < -0.4 is 5.32 Å². The number of ether oxygens (including phenoxy) is 2. The molecule has 2 fully saturated rings. The van der Waals surface area contributed by atoms with E-state index >= 15 is 0 Å². The van der Waals surface area contributed by atoms with Crippen LogP contribution in [-0.4, -0.2) is 31.6 Å². The van der Waals surface area contributed by atoms with Gasteiger partial charge in [0.2, 0.25) is 0 Å². The molecule has 4 heteroatoms. The first-order chi connectivity index (χ1) is 6.90. The first-order valence-electron chi connectivity index (χ1n) is 5.27. The van der Waals surface area contributed by atoms with Crippen molar-refractivity contribution in [3.8, 4) is 6.07 Å².